The van der Waals surface area contributed by atoms with E-state index >= 15 is 0 Å². The van der Waals surface area contributed by atoms with Gasteiger partial charge in [0, 0.05) is 5.56 Å². The second-order valence-electron chi connectivity index (χ2n) is 6.22. The highest BCUT2D eigenvalue weighted by Crippen LogP contribution is 2.36. The number of ether oxygens (including phenoxy) is 1. The molecule has 2 N–H and O–H groups in total. The van der Waals surface area contributed by atoms with E-state index in [1.807, 2.05) is 54.6 Å². The lowest BCUT2D eigenvalue weighted by atomic mass is 9.73. The number of carbonyl (C=O) groups excluding carboxylic acids is 1. The molecule has 0 heterocycles. The molecule has 2 aromatic rings. The van der Waals surface area contributed by atoms with Crippen molar-refractivity contribution in [1.82, 2.24) is 5.32 Å². The summed E-state index contributed by atoms with van der Waals surface area (Å²) in [5.74, 6) is -1.51. The molecule has 25 heavy (non-hydrogen) atoms. The molecular formula is C20H21NO4. The van der Waals surface area contributed by atoms with Crippen LogP contribution >= 0.6 is 0 Å². The maximum atomic E-state index is 12.7. The molecule has 2 aromatic carbocycles. The Balaban J connectivity index is 1.90. The minimum Gasteiger partial charge on any atom is -0.496 e. The molecule has 1 aliphatic rings. The highest BCUT2D eigenvalue weighted by molar-refractivity contribution is 5.86. The Hall–Kier alpha value is -2.82. The third kappa shape index (κ3) is 3.50. The number of carbonyl (C=O) groups is 2. The summed E-state index contributed by atoms with van der Waals surface area (Å²) in [6.07, 6.45) is 1.16. The Bertz CT molecular complexity index is 759. The lowest BCUT2D eigenvalue weighted by molar-refractivity contribution is -0.152. The molecule has 0 bridgehead atoms. The summed E-state index contributed by atoms with van der Waals surface area (Å²) in [5, 5.41) is 12.2. The molecule has 0 spiro atoms. The maximum Gasteiger partial charge on any atom is 0.307 e. The van der Waals surface area contributed by atoms with Crippen LogP contribution in [0.25, 0.3) is 0 Å². The molecule has 1 fully saturated rings. The predicted octanol–water partition coefficient (Wildman–Crippen LogP) is 3.01. The summed E-state index contributed by atoms with van der Waals surface area (Å²) in [6, 6.07) is 16.7. The van der Waals surface area contributed by atoms with Crippen molar-refractivity contribution >= 4 is 11.9 Å². The summed E-state index contributed by atoms with van der Waals surface area (Å²) >= 11 is 0. The van der Waals surface area contributed by atoms with Gasteiger partial charge in [0.05, 0.1) is 25.0 Å². The number of hydrogen-bond donors (Lipinski definition) is 2. The number of amides is 1. The first-order valence-electron chi connectivity index (χ1n) is 8.33. The van der Waals surface area contributed by atoms with E-state index < -0.39 is 17.8 Å². The van der Waals surface area contributed by atoms with Crippen molar-refractivity contribution in [2.75, 3.05) is 7.11 Å². The number of benzene rings is 2. The highest BCUT2D eigenvalue weighted by Gasteiger charge is 2.42. The first kappa shape index (κ1) is 17.0. The first-order chi connectivity index (χ1) is 12.1. The molecule has 3 rings (SSSR count). The van der Waals surface area contributed by atoms with E-state index in [1.54, 1.807) is 7.11 Å². The molecule has 0 radical (unpaired) electrons. The zero-order chi connectivity index (χ0) is 17.8. The molecule has 1 saturated carbocycles. The number of hydrogen-bond acceptors (Lipinski definition) is 3. The molecule has 130 valence electrons. The lowest BCUT2D eigenvalue weighted by Gasteiger charge is -2.33. The van der Waals surface area contributed by atoms with Crippen molar-refractivity contribution in [3.8, 4) is 5.75 Å². The number of carboxylic acid groups (broad SMARTS) is 1. The first-order valence-corrected chi connectivity index (χ1v) is 8.33. The summed E-state index contributed by atoms with van der Waals surface area (Å²) in [4.78, 5) is 23.9. The van der Waals surface area contributed by atoms with Crippen molar-refractivity contribution in [2.45, 2.75) is 18.9 Å². The van der Waals surface area contributed by atoms with Crippen LogP contribution in [0, 0.1) is 11.8 Å². The quantitative estimate of drug-likeness (QED) is 0.848. The fourth-order valence-electron chi connectivity index (χ4n) is 3.25. The molecule has 1 aliphatic carbocycles. The monoisotopic (exact) mass is 339 g/mol. The van der Waals surface area contributed by atoms with Crippen LogP contribution in [0.4, 0.5) is 0 Å². The third-order valence-corrected chi connectivity index (χ3v) is 4.80. The van der Waals surface area contributed by atoms with Crippen molar-refractivity contribution in [2.24, 2.45) is 11.8 Å². The molecule has 0 aromatic heterocycles. The molecule has 1 amide bonds. The summed E-state index contributed by atoms with van der Waals surface area (Å²) in [5.41, 5.74) is 1.77. The van der Waals surface area contributed by atoms with Gasteiger partial charge in [-0.1, -0.05) is 48.5 Å². The van der Waals surface area contributed by atoms with Gasteiger partial charge in [-0.05, 0) is 24.5 Å². The van der Waals surface area contributed by atoms with Gasteiger partial charge in [-0.3, -0.25) is 9.59 Å². The van der Waals surface area contributed by atoms with Gasteiger partial charge in [0.25, 0.3) is 0 Å². The van der Waals surface area contributed by atoms with E-state index in [1.165, 1.54) is 0 Å². The zero-order valence-electron chi connectivity index (χ0n) is 14.0. The number of aliphatic carboxylic acids is 1. The minimum absolute atomic E-state index is 0.224. The largest absolute Gasteiger partial charge is 0.496 e. The topological polar surface area (TPSA) is 75.6 Å². The predicted molar refractivity (Wildman–Crippen MR) is 93.3 cm³/mol. The Morgan fingerprint density at radius 3 is 2.28 bits per heavy atom. The second kappa shape index (κ2) is 7.38. The van der Waals surface area contributed by atoms with Crippen LogP contribution in [0.2, 0.25) is 0 Å². The van der Waals surface area contributed by atoms with Gasteiger partial charge < -0.3 is 15.2 Å². The van der Waals surface area contributed by atoms with Gasteiger partial charge in [-0.2, -0.15) is 0 Å². The van der Waals surface area contributed by atoms with Crippen LogP contribution in [-0.2, 0) is 9.59 Å². The number of nitrogens with one attached hydrogen (secondary N) is 1. The van der Waals surface area contributed by atoms with E-state index in [4.69, 9.17) is 4.74 Å². The molecule has 3 atom stereocenters. The van der Waals surface area contributed by atoms with E-state index in [-0.39, 0.29) is 11.9 Å². The zero-order valence-corrected chi connectivity index (χ0v) is 14.0. The minimum atomic E-state index is -0.903. The number of rotatable bonds is 6. The van der Waals surface area contributed by atoms with E-state index in [2.05, 4.69) is 5.32 Å². The van der Waals surface area contributed by atoms with E-state index in [0.717, 1.165) is 11.1 Å². The molecular weight excluding hydrogens is 318 g/mol. The lowest BCUT2D eigenvalue weighted by Crippen LogP contribution is -2.45. The molecule has 3 unspecified atom stereocenters. The molecule has 0 saturated heterocycles. The van der Waals surface area contributed by atoms with Crippen molar-refractivity contribution in [3.05, 3.63) is 65.7 Å². The van der Waals surface area contributed by atoms with Crippen LogP contribution in [0.5, 0.6) is 5.75 Å². The van der Waals surface area contributed by atoms with Crippen LogP contribution in [0.15, 0.2) is 54.6 Å². The Morgan fingerprint density at radius 2 is 1.68 bits per heavy atom. The van der Waals surface area contributed by atoms with Crippen LogP contribution in [-0.4, -0.2) is 24.1 Å². The van der Waals surface area contributed by atoms with Gasteiger partial charge in [0.2, 0.25) is 5.91 Å². The summed E-state index contributed by atoms with van der Waals surface area (Å²) in [6.45, 7) is 0. The summed E-state index contributed by atoms with van der Waals surface area (Å²) in [7, 11) is 1.59. The van der Waals surface area contributed by atoms with Crippen molar-refractivity contribution < 1.29 is 19.4 Å². The average Bonchev–Trinajstić information content (AvgIpc) is 2.59. The standard InChI is InChI=1S/C20H21NO4/c1-25-17-10-6-5-9-16(17)18(13-7-3-2-4-8-13)21-19(22)14-11-12-15(14)20(23)24/h2-10,14-15,18H,11-12H2,1H3,(H,21,22)(H,23,24). The SMILES string of the molecule is COc1ccccc1C(NC(=O)C1CCC1C(=O)O)c1ccccc1. The van der Waals surface area contributed by atoms with Gasteiger partial charge in [-0.25, -0.2) is 0 Å². The second-order valence-corrected chi connectivity index (χ2v) is 6.22. The van der Waals surface area contributed by atoms with E-state index in [9.17, 15) is 14.7 Å². The van der Waals surface area contributed by atoms with Gasteiger partial charge in [0.15, 0.2) is 0 Å². The van der Waals surface area contributed by atoms with Gasteiger partial charge in [0.1, 0.15) is 5.75 Å². The van der Waals surface area contributed by atoms with Crippen molar-refractivity contribution in [1.29, 1.82) is 0 Å². The summed E-state index contributed by atoms with van der Waals surface area (Å²) < 4.78 is 5.44. The number of carboxylic acids is 1. The molecule has 5 heteroatoms. The van der Waals surface area contributed by atoms with Crippen molar-refractivity contribution in [3.63, 3.8) is 0 Å². The Labute approximate surface area is 146 Å². The van der Waals surface area contributed by atoms with Crippen LogP contribution in [0.3, 0.4) is 0 Å². The van der Waals surface area contributed by atoms with Gasteiger partial charge >= 0.3 is 5.97 Å². The Morgan fingerprint density at radius 1 is 1.04 bits per heavy atom. The van der Waals surface area contributed by atoms with Gasteiger partial charge in [-0.15, -0.1) is 0 Å². The smallest absolute Gasteiger partial charge is 0.307 e. The fourth-order valence-corrected chi connectivity index (χ4v) is 3.25. The average molecular weight is 339 g/mol. The number of para-hydroxylation sites is 1. The normalized spacial score (nSPS) is 20.2. The Kier molecular flexibility index (Phi) is 5.03. The molecule has 5 nitrogen and oxygen atoms in total. The fraction of sp³-hybridized carbons (Fsp3) is 0.300. The number of methoxy groups -OCH3 is 1. The third-order valence-electron chi connectivity index (χ3n) is 4.80. The van der Waals surface area contributed by atoms with E-state index in [0.29, 0.717) is 18.6 Å². The molecule has 0 aliphatic heterocycles. The van der Waals surface area contributed by atoms with Crippen LogP contribution < -0.4 is 10.1 Å². The maximum absolute atomic E-state index is 12.7. The highest BCUT2D eigenvalue weighted by atomic mass is 16.5. The van der Waals surface area contributed by atoms with Crippen LogP contribution in [0.1, 0.15) is 30.0 Å².